The summed E-state index contributed by atoms with van der Waals surface area (Å²) in [5.41, 5.74) is 1.99. The molecule has 1 atom stereocenters. The summed E-state index contributed by atoms with van der Waals surface area (Å²) in [6.45, 7) is 3.00. The first-order valence-corrected chi connectivity index (χ1v) is 8.87. The first-order chi connectivity index (χ1) is 9.07. The minimum absolute atomic E-state index is 0.173. The number of benzene rings is 1. The van der Waals surface area contributed by atoms with E-state index in [2.05, 4.69) is 5.32 Å². The van der Waals surface area contributed by atoms with Crippen LogP contribution in [0.3, 0.4) is 0 Å². The van der Waals surface area contributed by atoms with Gasteiger partial charge in [-0.25, -0.2) is 8.42 Å². The summed E-state index contributed by atoms with van der Waals surface area (Å²) in [5, 5.41) is 3.40. The Hall–Kier alpha value is -0.870. The van der Waals surface area contributed by atoms with Gasteiger partial charge in [0, 0.05) is 6.04 Å². The van der Waals surface area contributed by atoms with Gasteiger partial charge < -0.3 is 5.32 Å². The fourth-order valence-electron chi connectivity index (χ4n) is 2.57. The molecule has 0 aromatic heterocycles. The molecule has 106 valence electrons. The lowest BCUT2D eigenvalue weighted by atomic mass is 10.0. The number of rotatable bonds is 5. The largest absolute Gasteiger partial charge is 0.314 e. The molecule has 2 rings (SSSR count). The van der Waals surface area contributed by atoms with Crippen LogP contribution in [0.1, 0.15) is 36.8 Å². The van der Waals surface area contributed by atoms with Gasteiger partial charge in [-0.15, -0.1) is 0 Å². The van der Waals surface area contributed by atoms with E-state index in [0.717, 1.165) is 30.5 Å². The highest BCUT2D eigenvalue weighted by atomic mass is 32.2. The monoisotopic (exact) mass is 281 g/mol. The van der Waals surface area contributed by atoms with Crippen LogP contribution in [0.4, 0.5) is 0 Å². The summed E-state index contributed by atoms with van der Waals surface area (Å²) >= 11 is 0. The molecule has 0 saturated carbocycles. The van der Waals surface area contributed by atoms with Gasteiger partial charge in [0.25, 0.3) is 0 Å². The van der Waals surface area contributed by atoms with Gasteiger partial charge in [0.05, 0.1) is 11.5 Å². The van der Waals surface area contributed by atoms with E-state index in [1.807, 2.05) is 31.2 Å². The van der Waals surface area contributed by atoms with Crippen molar-refractivity contribution in [2.45, 2.75) is 44.4 Å². The zero-order valence-electron chi connectivity index (χ0n) is 11.6. The van der Waals surface area contributed by atoms with E-state index in [-0.39, 0.29) is 5.75 Å². The van der Waals surface area contributed by atoms with E-state index in [9.17, 15) is 8.42 Å². The molecule has 1 N–H and O–H groups in total. The van der Waals surface area contributed by atoms with Crippen LogP contribution in [0.25, 0.3) is 0 Å². The van der Waals surface area contributed by atoms with Gasteiger partial charge >= 0.3 is 0 Å². The average molecular weight is 281 g/mol. The van der Waals surface area contributed by atoms with Gasteiger partial charge in [-0.1, -0.05) is 30.7 Å². The lowest BCUT2D eigenvalue weighted by molar-refractivity contribution is 0.392. The van der Waals surface area contributed by atoms with E-state index in [0.29, 0.717) is 11.8 Å². The summed E-state index contributed by atoms with van der Waals surface area (Å²) in [7, 11) is -3.00. The Kier molecular flexibility index (Phi) is 4.99. The highest BCUT2D eigenvalue weighted by Crippen LogP contribution is 2.15. The smallest absolute Gasteiger partial charge is 0.154 e. The Bertz CT molecular complexity index is 505. The Morgan fingerprint density at radius 1 is 1.26 bits per heavy atom. The minimum atomic E-state index is -3.00. The molecule has 1 fully saturated rings. The van der Waals surface area contributed by atoms with E-state index in [1.165, 1.54) is 12.8 Å². The van der Waals surface area contributed by atoms with Crippen molar-refractivity contribution in [2.75, 3.05) is 12.3 Å². The van der Waals surface area contributed by atoms with Gasteiger partial charge in [0.15, 0.2) is 9.84 Å². The van der Waals surface area contributed by atoms with Crippen LogP contribution in [0.2, 0.25) is 0 Å². The molecule has 1 saturated heterocycles. The van der Waals surface area contributed by atoms with Crippen molar-refractivity contribution in [1.82, 2.24) is 5.32 Å². The summed E-state index contributed by atoms with van der Waals surface area (Å²) in [6, 6.07) is 8.11. The molecule has 4 heteroatoms. The fraction of sp³-hybridized carbons (Fsp3) is 0.600. The normalized spacial score (nSPS) is 20.4. The second-order valence-electron chi connectivity index (χ2n) is 5.45. The molecule has 0 radical (unpaired) electrons. The van der Waals surface area contributed by atoms with Crippen LogP contribution in [0.15, 0.2) is 24.3 Å². The standard InChI is InChI=1S/C15H23NO2S/c1-13-6-2-3-7-14(13)12-19(17,18)11-9-15-8-4-5-10-16-15/h2-3,6-7,15-16H,4-5,8-12H2,1H3. The molecule has 19 heavy (non-hydrogen) atoms. The molecule has 0 aliphatic carbocycles. The van der Waals surface area contributed by atoms with Crippen LogP contribution in [-0.2, 0) is 15.6 Å². The molecule has 1 heterocycles. The zero-order valence-corrected chi connectivity index (χ0v) is 12.4. The SMILES string of the molecule is Cc1ccccc1CS(=O)(=O)CCC1CCCCN1. The summed E-state index contributed by atoms with van der Waals surface area (Å²) in [6.07, 6.45) is 4.29. The summed E-state index contributed by atoms with van der Waals surface area (Å²) in [5.74, 6) is 0.464. The van der Waals surface area contributed by atoms with E-state index >= 15 is 0 Å². The van der Waals surface area contributed by atoms with Crippen molar-refractivity contribution in [3.63, 3.8) is 0 Å². The third-order valence-corrected chi connectivity index (χ3v) is 5.43. The third-order valence-electron chi connectivity index (χ3n) is 3.83. The molecule has 0 amide bonds. The molecule has 1 aliphatic rings. The summed E-state index contributed by atoms with van der Waals surface area (Å²) < 4.78 is 24.3. The molecule has 1 unspecified atom stereocenters. The predicted octanol–water partition coefficient (Wildman–Crippen LogP) is 2.44. The maximum Gasteiger partial charge on any atom is 0.154 e. The topological polar surface area (TPSA) is 46.2 Å². The number of hydrogen-bond donors (Lipinski definition) is 1. The number of hydrogen-bond acceptors (Lipinski definition) is 3. The lowest BCUT2D eigenvalue weighted by Crippen LogP contribution is -2.35. The first kappa shape index (κ1) is 14.5. The van der Waals surface area contributed by atoms with Crippen LogP contribution in [0.5, 0.6) is 0 Å². The Balaban J connectivity index is 1.90. The third kappa shape index (κ3) is 4.62. The van der Waals surface area contributed by atoms with Crippen molar-refractivity contribution in [1.29, 1.82) is 0 Å². The van der Waals surface area contributed by atoms with E-state index in [1.54, 1.807) is 0 Å². The molecule has 3 nitrogen and oxygen atoms in total. The zero-order chi connectivity index (χ0) is 13.7. The van der Waals surface area contributed by atoms with Crippen molar-refractivity contribution in [3.8, 4) is 0 Å². The molecule has 1 aliphatic heterocycles. The summed E-state index contributed by atoms with van der Waals surface area (Å²) in [4.78, 5) is 0. The van der Waals surface area contributed by atoms with Gasteiger partial charge in [0.1, 0.15) is 0 Å². The van der Waals surface area contributed by atoms with Crippen LogP contribution in [0, 0.1) is 6.92 Å². The first-order valence-electron chi connectivity index (χ1n) is 7.05. The van der Waals surface area contributed by atoms with Crippen molar-refractivity contribution in [3.05, 3.63) is 35.4 Å². The quantitative estimate of drug-likeness (QED) is 0.901. The average Bonchev–Trinajstić information content (AvgIpc) is 2.40. The highest BCUT2D eigenvalue weighted by Gasteiger charge is 2.18. The van der Waals surface area contributed by atoms with Gasteiger partial charge in [0.2, 0.25) is 0 Å². The molecular weight excluding hydrogens is 258 g/mol. The predicted molar refractivity (Wildman–Crippen MR) is 78.9 cm³/mol. The molecule has 1 aromatic carbocycles. The maximum absolute atomic E-state index is 12.2. The van der Waals surface area contributed by atoms with Gasteiger partial charge in [-0.05, 0) is 43.9 Å². The van der Waals surface area contributed by atoms with Crippen molar-refractivity contribution in [2.24, 2.45) is 0 Å². The fourth-order valence-corrected chi connectivity index (χ4v) is 4.16. The van der Waals surface area contributed by atoms with Crippen LogP contribution in [-0.4, -0.2) is 26.8 Å². The molecule has 0 bridgehead atoms. The molecular formula is C15H23NO2S. The molecule has 1 aromatic rings. The van der Waals surface area contributed by atoms with E-state index in [4.69, 9.17) is 0 Å². The van der Waals surface area contributed by atoms with Gasteiger partial charge in [-0.3, -0.25) is 0 Å². The van der Waals surface area contributed by atoms with Crippen LogP contribution >= 0.6 is 0 Å². The molecule has 0 spiro atoms. The second-order valence-corrected chi connectivity index (χ2v) is 7.64. The lowest BCUT2D eigenvalue weighted by Gasteiger charge is -2.23. The minimum Gasteiger partial charge on any atom is -0.314 e. The Morgan fingerprint density at radius 2 is 2.05 bits per heavy atom. The van der Waals surface area contributed by atoms with Gasteiger partial charge in [-0.2, -0.15) is 0 Å². The van der Waals surface area contributed by atoms with E-state index < -0.39 is 9.84 Å². The number of aryl methyl sites for hydroxylation is 1. The number of piperidine rings is 1. The number of sulfone groups is 1. The Morgan fingerprint density at radius 3 is 2.74 bits per heavy atom. The highest BCUT2D eigenvalue weighted by molar-refractivity contribution is 7.90. The second kappa shape index (κ2) is 6.53. The maximum atomic E-state index is 12.2. The van der Waals surface area contributed by atoms with Crippen molar-refractivity contribution >= 4 is 9.84 Å². The van der Waals surface area contributed by atoms with Crippen molar-refractivity contribution < 1.29 is 8.42 Å². The Labute approximate surface area is 116 Å². The van der Waals surface area contributed by atoms with Crippen LogP contribution < -0.4 is 5.32 Å². The number of nitrogens with one attached hydrogen (secondary N) is 1.